The predicted molar refractivity (Wildman–Crippen MR) is 88.3 cm³/mol. The Labute approximate surface area is 132 Å². The first-order valence-electron chi connectivity index (χ1n) is 7.73. The summed E-state index contributed by atoms with van der Waals surface area (Å²) in [7, 11) is 1.73. The number of hydrogen-bond acceptors (Lipinski definition) is 4. The third kappa shape index (κ3) is 5.56. The van der Waals surface area contributed by atoms with Gasteiger partial charge in [0.2, 0.25) is 0 Å². The number of anilines is 2. The Balaban J connectivity index is 1.88. The van der Waals surface area contributed by atoms with Crippen LogP contribution in [0.1, 0.15) is 33.6 Å². The van der Waals surface area contributed by atoms with Crippen molar-refractivity contribution >= 4 is 17.5 Å². The second-order valence-corrected chi connectivity index (χ2v) is 6.75. The minimum absolute atomic E-state index is 0.356. The highest BCUT2D eigenvalue weighted by Gasteiger charge is 2.31. The van der Waals surface area contributed by atoms with Gasteiger partial charge in [0.25, 0.3) is 0 Å². The minimum Gasteiger partial charge on any atom is -0.444 e. The SMILES string of the molecule is COCC(Nc1ccc(NC(=O)OC(C)(C)C)cc1)C1CC1. The number of rotatable bonds is 6. The number of carbonyl (C=O) groups excluding carboxylic acids is 1. The summed E-state index contributed by atoms with van der Waals surface area (Å²) in [4.78, 5) is 11.7. The summed E-state index contributed by atoms with van der Waals surface area (Å²) >= 11 is 0. The van der Waals surface area contributed by atoms with Crippen LogP contribution >= 0.6 is 0 Å². The number of carbonyl (C=O) groups is 1. The summed E-state index contributed by atoms with van der Waals surface area (Å²) in [6.45, 7) is 6.23. The van der Waals surface area contributed by atoms with E-state index in [9.17, 15) is 4.79 Å². The zero-order valence-corrected chi connectivity index (χ0v) is 13.8. The van der Waals surface area contributed by atoms with Gasteiger partial charge in [-0.3, -0.25) is 5.32 Å². The molecule has 5 nitrogen and oxygen atoms in total. The number of methoxy groups -OCH3 is 1. The highest BCUT2D eigenvalue weighted by molar-refractivity contribution is 5.85. The van der Waals surface area contributed by atoms with Gasteiger partial charge in [0.1, 0.15) is 5.60 Å². The lowest BCUT2D eigenvalue weighted by Crippen LogP contribution is -2.27. The van der Waals surface area contributed by atoms with E-state index in [1.165, 1.54) is 12.8 Å². The smallest absolute Gasteiger partial charge is 0.412 e. The first kappa shape index (κ1) is 16.6. The Hall–Kier alpha value is -1.75. The zero-order valence-electron chi connectivity index (χ0n) is 13.8. The average Bonchev–Trinajstić information content (AvgIpc) is 3.22. The first-order chi connectivity index (χ1) is 10.4. The third-order valence-electron chi connectivity index (χ3n) is 3.42. The van der Waals surface area contributed by atoms with Crippen LogP contribution in [-0.4, -0.2) is 31.5 Å². The number of amides is 1. The van der Waals surface area contributed by atoms with Crippen molar-refractivity contribution in [1.82, 2.24) is 0 Å². The van der Waals surface area contributed by atoms with E-state index in [-0.39, 0.29) is 0 Å². The lowest BCUT2D eigenvalue weighted by Gasteiger charge is -2.20. The van der Waals surface area contributed by atoms with Gasteiger partial charge in [0.15, 0.2) is 0 Å². The van der Waals surface area contributed by atoms with Crippen LogP contribution in [0.3, 0.4) is 0 Å². The molecule has 122 valence electrons. The molecule has 5 heteroatoms. The molecule has 2 N–H and O–H groups in total. The molecule has 1 saturated carbocycles. The van der Waals surface area contributed by atoms with E-state index in [1.54, 1.807) is 7.11 Å². The van der Waals surface area contributed by atoms with Crippen LogP contribution in [-0.2, 0) is 9.47 Å². The van der Waals surface area contributed by atoms with Gasteiger partial charge in [-0.05, 0) is 63.8 Å². The molecule has 1 atom stereocenters. The number of ether oxygens (including phenoxy) is 2. The molecular formula is C17H26N2O3. The average molecular weight is 306 g/mol. The topological polar surface area (TPSA) is 59.6 Å². The number of nitrogens with one attached hydrogen (secondary N) is 2. The molecule has 1 aromatic carbocycles. The van der Waals surface area contributed by atoms with Crippen molar-refractivity contribution in [3.8, 4) is 0 Å². The fourth-order valence-electron chi connectivity index (χ4n) is 2.26. The molecule has 1 aliphatic rings. The largest absolute Gasteiger partial charge is 0.444 e. The maximum absolute atomic E-state index is 11.7. The van der Waals surface area contributed by atoms with Crippen LogP contribution in [0, 0.1) is 5.92 Å². The summed E-state index contributed by atoms with van der Waals surface area (Å²) in [6, 6.07) is 8.00. The van der Waals surface area contributed by atoms with Crippen LogP contribution in [0.25, 0.3) is 0 Å². The standard InChI is InChI=1S/C17H26N2O3/c1-17(2,3)22-16(20)19-14-9-7-13(8-10-14)18-15(11-21-4)12-5-6-12/h7-10,12,15,18H,5-6,11H2,1-4H3,(H,19,20). The number of benzene rings is 1. The van der Waals surface area contributed by atoms with Crippen molar-refractivity contribution in [2.24, 2.45) is 5.92 Å². The first-order valence-corrected chi connectivity index (χ1v) is 7.73. The highest BCUT2D eigenvalue weighted by Crippen LogP contribution is 2.34. The summed E-state index contributed by atoms with van der Waals surface area (Å²) in [5.74, 6) is 0.708. The van der Waals surface area contributed by atoms with Gasteiger partial charge in [0.05, 0.1) is 12.6 Å². The lowest BCUT2D eigenvalue weighted by molar-refractivity contribution is 0.0636. The van der Waals surface area contributed by atoms with Gasteiger partial charge in [-0.25, -0.2) is 4.79 Å². The van der Waals surface area contributed by atoms with E-state index < -0.39 is 11.7 Å². The molecule has 1 amide bonds. The second-order valence-electron chi connectivity index (χ2n) is 6.75. The van der Waals surface area contributed by atoms with Gasteiger partial charge in [-0.15, -0.1) is 0 Å². The monoisotopic (exact) mass is 306 g/mol. The van der Waals surface area contributed by atoms with Gasteiger partial charge in [0, 0.05) is 18.5 Å². The van der Waals surface area contributed by atoms with E-state index >= 15 is 0 Å². The molecule has 0 bridgehead atoms. The summed E-state index contributed by atoms with van der Waals surface area (Å²) < 4.78 is 10.5. The second kappa shape index (κ2) is 7.01. The quantitative estimate of drug-likeness (QED) is 0.837. The van der Waals surface area contributed by atoms with Gasteiger partial charge in [-0.1, -0.05) is 0 Å². The van der Waals surface area contributed by atoms with Crippen molar-refractivity contribution in [3.63, 3.8) is 0 Å². The third-order valence-corrected chi connectivity index (χ3v) is 3.42. The molecule has 22 heavy (non-hydrogen) atoms. The van der Waals surface area contributed by atoms with Crippen LogP contribution in [0.5, 0.6) is 0 Å². The molecule has 1 fully saturated rings. The van der Waals surface area contributed by atoms with Crippen LogP contribution in [0.15, 0.2) is 24.3 Å². The molecule has 0 aliphatic heterocycles. The zero-order chi connectivity index (χ0) is 16.2. The molecule has 0 saturated heterocycles. The highest BCUT2D eigenvalue weighted by atomic mass is 16.6. The van der Waals surface area contributed by atoms with E-state index in [0.29, 0.717) is 18.6 Å². The Kier molecular flexibility index (Phi) is 5.29. The van der Waals surface area contributed by atoms with Crippen LogP contribution < -0.4 is 10.6 Å². The fourth-order valence-corrected chi connectivity index (χ4v) is 2.26. The van der Waals surface area contributed by atoms with Crippen molar-refractivity contribution in [1.29, 1.82) is 0 Å². The van der Waals surface area contributed by atoms with Gasteiger partial charge >= 0.3 is 6.09 Å². The van der Waals surface area contributed by atoms with E-state index in [1.807, 2.05) is 45.0 Å². The van der Waals surface area contributed by atoms with Crippen molar-refractivity contribution in [2.45, 2.75) is 45.3 Å². The minimum atomic E-state index is -0.497. The molecule has 0 radical (unpaired) electrons. The Morgan fingerprint density at radius 3 is 2.32 bits per heavy atom. The summed E-state index contributed by atoms with van der Waals surface area (Å²) in [5.41, 5.74) is 1.25. The van der Waals surface area contributed by atoms with Gasteiger partial charge in [-0.2, -0.15) is 0 Å². The molecule has 1 aliphatic carbocycles. The molecule has 0 spiro atoms. The van der Waals surface area contributed by atoms with E-state index in [0.717, 1.165) is 11.4 Å². The maximum Gasteiger partial charge on any atom is 0.412 e. The van der Waals surface area contributed by atoms with Crippen molar-refractivity contribution in [2.75, 3.05) is 24.4 Å². The van der Waals surface area contributed by atoms with E-state index in [2.05, 4.69) is 10.6 Å². The van der Waals surface area contributed by atoms with Crippen LogP contribution in [0.2, 0.25) is 0 Å². The predicted octanol–water partition coefficient (Wildman–Crippen LogP) is 3.87. The molecule has 1 aromatic rings. The normalized spacial score (nSPS) is 16.0. The summed E-state index contributed by atoms with van der Waals surface area (Å²) in [6.07, 6.45) is 2.09. The number of hydrogen-bond donors (Lipinski definition) is 2. The summed E-state index contributed by atoms with van der Waals surface area (Å²) in [5, 5.41) is 6.22. The van der Waals surface area contributed by atoms with Gasteiger partial charge < -0.3 is 14.8 Å². The van der Waals surface area contributed by atoms with Crippen molar-refractivity contribution < 1.29 is 14.3 Å². The molecule has 0 aromatic heterocycles. The maximum atomic E-state index is 11.7. The van der Waals surface area contributed by atoms with Crippen molar-refractivity contribution in [3.05, 3.63) is 24.3 Å². The Bertz CT molecular complexity index is 490. The molecule has 2 rings (SSSR count). The lowest BCUT2D eigenvalue weighted by atomic mass is 10.2. The Morgan fingerprint density at radius 2 is 1.82 bits per heavy atom. The van der Waals surface area contributed by atoms with Crippen LogP contribution in [0.4, 0.5) is 16.2 Å². The van der Waals surface area contributed by atoms with E-state index in [4.69, 9.17) is 9.47 Å². The Morgan fingerprint density at radius 1 is 1.23 bits per heavy atom. The molecular weight excluding hydrogens is 280 g/mol. The fraction of sp³-hybridized carbons (Fsp3) is 0.588. The molecule has 0 heterocycles. The molecule has 1 unspecified atom stereocenters.